The lowest BCUT2D eigenvalue weighted by Crippen LogP contribution is -2.18. The molecule has 1 aromatic heterocycles. The van der Waals surface area contributed by atoms with Gasteiger partial charge in [-0.15, -0.1) is 12.3 Å². The smallest absolute Gasteiger partial charge is 0.134 e. The highest BCUT2D eigenvalue weighted by Crippen LogP contribution is 2.26. The molecule has 1 N–H and O–H groups in total. The van der Waals surface area contributed by atoms with Gasteiger partial charge in [-0.25, -0.2) is 4.98 Å². The van der Waals surface area contributed by atoms with Gasteiger partial charge in [0.15, 0.2) is 0 Å². The van der Waals surface area contributed by atoms with Crippen LogP contribution in [0.4, 0.5) is 5.82 Å². The molecule has 0 aliphatic carbocycles. The molecule has 3 heteroatoms. The van der Waals surface area contributed by atoms with Crippen LogP contribution in [0.25, 0.3) is 10.8 Å². The molecule has 0 saturated carbocycles. The molecule has 0 saturated heterocycles. The van der Waals surface area contributed by atoms with Gasteiger partial charge >= 0.3 is 0 Å². The Bertz CT molecular complexity index is 601. The van der Waals surface area contributed by atoms with E-state index in [0.717, 1.165) is 28.8 Å². The summed E-state index contributed by atoms with van der Waals surface area (Å²) in [6.07, 6.45) is 8.85. The minimum absolute atomic E-state index is 0.255. The van der Waals surface area contributed by atoms with Crippen LogP contribution in [0.1, 0.15) is 19.8 Å². The Kier molecular flexibility index (Phi) is 4.25. The first kappa shape index (κ1) is 13.2. The van der Waals surface area contributed by atoms with Gasteiger partial charge in [-0.05, 0) is 36.1 Å². The van der Waals surface area contributed by atoms with Gasteiger partial charge < -0.3 is 10.1 Å². The Balaban J connectivity index is 2.36. The molecule has 0 bridgehead atoms. The minimum atomic E-state index is 0.255. The molecule has 98 valence electrons. The lowest BCUT2D eigenvalue weighted by atomic mass is 10.1. The standard InChI is InChI=1S/C16H18N2O/c1-4-6-13(5-2)18-16-15-8-7-14(19-3)11-12(15)9-10-17-16/h1,7-11,13H,5-6H2,2-3H3,(H,17,18). The summed E-state index contributed by atoms with van der Waals surface area (Å²) in [5.74, 6) is 4.42. The molecule has 0 aliphatic heterocycles. The van der Waals surface area contributed by atoms with Gasteiger partial charge in [-0.2, -0.15) is 0 Å². The molecule has 1 unspecified atom stereocenters. The maximum absolute atomic E-state index is 5.38. The summed E-state index contributed by atoms with van der Waals surface area (Å²) in [4.78, 5) is 4.41. The Morgan fingerprint density at radius 2 is 2.26 bits per heavy atom. The molecule has 1 atom stereocenters. The summed E-state index contributed by atoms with van der Waals surface area (Å²) in [5, 5.41) is 5.60. The summed E-state index contributed by atoms with van der Waals surface area (Å²) in [7, 11) is 1.67. The number of benzene rings is 1. The third kappa shape index (κ3) is 2.97. The fraction of sp³-hybridized carbons (Fsp3) is 0.312. The summed E-state index contributed by atoms with van der Waals surface area (Å²) < 4.78 is 5.24. The van der Waals surface area contributed by atoms with Crippen LogP contribution in [0.3, 0.4) is 0 Å². The van der Waals surface area contributed by atoms with E-state index < -0.39 is 0 Å². The number of fused-ring (bicyclic) bond motifs is 1. The zero-order valence-corrected chi connectivity index (χ0v) is 11.3. The fourth-order valence-corrected chi connectivity index (χ4v) is 2.03. The molecule has 2 rings (SSSR count). The fourth-order valence-electron chi connectivity index (χ4n) is 2.03. The zero-order chi connectivity index (χ0) is 13.7. The number of nitrogens with one attached hydrogen (secondary N) is 1. The second kappa shape index (κ2) is 6.10. The van der Waals surface area contributed by atoms with Crippen molar-refractivity contribution in [3.63, 3.8) is 0 Å². The average Bonchev–Trinajstić information content (AvgIpc) is 2.46. The maximum Gasteiger partial charge on any atom is 0.134 e. The topological polar surface area (TPSA) is 34.2 Å². The molecular formula is C16H18N2O. The Labute approximate surface area is 114 Å². The van der Waals surface area contributed by atoms with E-state index in [1.807, 2.05) is 24.3 Å². The van der Waals surface area contributed by atoms with E-state index in [-0.39, 0.29) is 6.04 Å². The van der Waals surface area contributed by atoms with Crippen LogP contribution >= 0.6 is 0 Å². The number of ether oxygens (including phenoxy) is 1. The number of hydrogen-bond donors (Lipinski definition) is 1. The maximum atomic E-state index is 5.38. The number of hydrogen-bond acceptors (Lipinski definition) is 3. The van der Waals surface area contributed by atoms with Gasteiger partial charge in [-0.3, -0.25) is 0 Å². The van der Waals surface area contributed by atoms with Crippen LogP contribution in [-0.2, 0) is 0 Å². The summed E-state index contributed by atoms with van der Waals surface area (Å²) in [5.41, 5.74) is 0. The Hall–Kier alpha value is -2.21. The summed E-state index contributed by atoms with van der Waals surface area (Å²) >= 11 is 0. The normalized spacial score (nSPS) is 11.8. The number of rotatable bonds is 5. The predicted molar refractivity (Wildman–Crippen MR) is 79.4 cm³/mol. The third-order valence-corrected chi connectivity index (χ3v) is 3.17. The molecule has 19 heavy (non-hydrogen) atoms. The molecule has 1 heterocycles. The van der Waals surface area contributed by atoms with E-state index in [2.05, 4.69) is 23.1 Å². The van der Waals surface area contributed by atoms with Crippen LogP contribution in [0, 0.1) is 12.3 Å². The van der Waals surface area contributed by atoms with Gasteiger partial charge in [0, 0.05) is 24.0 Å². The molecule has 0 aliphatic rings. The SMILES string of the molecule is C#CCC(CC)Nc1nccc2cc(OC)ccc12. The van der Waals surface area contributed by atoms with Crippen LogP contribution in [0.5, 0.6) is 5.75 Å². The first-order valence-electron chi connectivity index (χ1n) is 6.41. The Morgan fingerprint density at radius 3 is 2.95 bits per heavy atom. The second-order valence-corrected chi connectivity index (χ2v) is 4.40. The molecule has 0 fully saturated rings. The molecular weight excluding hydrogens is 236 g/mol. The summed E-state index contributed by atoms with van der Waals surface area (Å²) in [6, 6.07) is 8.20. The molecule has 0 radical (unpaired) electrons. The van der Waals surface area contributed by atoms with Gasteiger partial charge in [0.2, 0.25) is 0 Å². The van der Waals surface area contributed by atoms with Gasteiger partial charge in [0.25, 0.3) is 0 Å². The number of terminal acetylenes is 1. The van der Waals surface area contributed by atoms with Crippen molar-refractivity contribution in [1.82, 2.24) is 4.98 Å². The molecule has 0 spiro atoms. The van der Waals surface area contributed by atoms with Gasteiger partial charge in [0.05, 0.1) is 7.11 Å². The molecule has 0 amide bonds. The van der Waals surface area contributed by atoms with Crippen molar-refractivity contribution >= 4 is 16.6 Å². The van der Waals surface area contributed by atoms with Crippen molar-refractivity contribution in [1.29, 1.82) is 0 Å². The molecule has 2 aromatic rings. The van der Waals surface area contributed by atoms with E-state index in [1.54, 1.807) is 13.3 Å². The zero-order valence-electron chi connectivity index (χ0n) is 11.3. The van der Waals surface area contributed by atoms with E-state index in [1.165, 1.54) is 0 Å². The van der Waals surface area contributed by atoms with Crippen molar-refractivity contribution in [2.45, 2.75) is 25.8 Å². The van der Waals surface area contributed by atoms with Crippen molar-refractivity contribution in [2.75, 3.05) is 12.4 Å². The highest BCUT2D eigenvalue weighted by molar-refractivity contribution is 5.92. The Morgan fingerprint density at radius 1 is 1.42 bits per heavy atom. The number of pyridine rings is 1. The quantitative estimate of drug-likeness (QED) is 0.830. The lowest BCUT2D eigenvalue weighted by Gasteiger charge is -2.16. The van der Waals surface area contributed by atoms with Crippen LogP contribution in [0.15, 0.2) is 30.5 Å². The van der Waals surface area contributed by atoms with Crippen molar-refractivity contribution in [3.05, 3.63) is 30.5 Å². The first-order chi connectivity index (χ1) is 9.28. The number of nitrogens with zero attached hydrogens (tertiary/aromatic N) is 1. The number of anilines is 1. The first-order valence-corrected chi connectivity index (χ1v) is 6.41. The van der Waals surface area contributed by atoms with Gasteiger partial charge in [-0.1, -0.05) is 6.92 Å². The minimum Gasteiger partial charge on any atom is -0.497 e. The number of methoxy groups -OCH3 is 1. The second-order valence-electron chi connectivity index (χ2n) is 4.40. The van der Waals surface area contributed by atoms with Crippen molar-refractivity contribution in [3.8, 4) is 18.1 Å². The van der Waals surface area contributed by atoms with E-state index >= 15 is 0 Å². The molecule has 1 aromatic carbocycles. The third-order valence-electron chi connectivity index (χ3n) is 3.17. The largest absolute Gasteiger partial charge is 0.497 e. The van der Waals surface area contributed by atoms with Crippen molar-refractivity contribution in [2.24, 2.45) is 0 Å². The highest BCUT2D eigenvalue weighted by Gasteiger charge is 2.08. The summed E-state index contributed by atoms with van der Waals surface area (Å²) in [6.45, 7) is 2.11. The van der Waals surface area contributed by atoms with E-state index in [0.29, 0.717) is 6.42 Å². The van der Waals surface area contributed by atoms with Crippen molar-refractivity contribution < 1.29 is 4.74 Å². The monoisotopic (exact) mass is 254 g/mol. The average molecular weight is 254 g/mol. The predicted octanol–water partition coefficient (Wildman–Crippen LogP) is 3.46. The van der Waals surface area contributed by atoms with Gasteiger partial charge in [0.1, 0.15) is 11.6 Å². The van der Waals surface area contributed by atoms with Crippen LogP contribution in [0.2, 0.25) is 0 Å². The van der Waals surface area contributed by atoms with E-state index in [4.69, 9.17) is 11.2 Å². The van der Waals surface area contributed by atoms with Crippen LogP contribution in [-0.4, -0.2) is 18.1 Å². The number of aromatic nitrogens is 1. The highest BCUT2D eigenvalue weighted by atomic mass is 16.5. The lowest BCUT2D eigenvalue weighted by molar-refractivity contribution is 0.415. The molecule has 3 nitrogen and oxygen atoms in total. The van der Waals surface area contributed by atoms with E-state index in [9.17, 15) is 0 Å². The van der Waals surface area contributed by atoms with Crippen LogP contribution < -0.4 is 10.1 Å².